The van der Waals surface area contributed by atoms with Crippen LogP contribution in [0.3, 0.4) is 0 Å². The summed E-state index contributed by atoms with van der Waals surface area (Å²) in [7, 11) is -1.88. The fourth-order valence-corrected chi connectivity index (χ4v) is 2.48. The minimum Gasteiger partial charge on any atom is -0.214 e. The van der Waals surface area contributed by atoms with Gasteiger partial charge < -0.3 is 0 Å². The Balaban J connectivity index is 0. The summed E-state index contributed by atoms with van der Waals surface area (Å²) in [6.45, 7) is 10.7. The van der Waals surface area contributed by atoms with Crippen LogP contribution in [0.2, 0.25) is 0 Å². The molecule has 0 atom stereocenters. The maximum Gasteiger partial charge on any atom is 0.240 e. The Morgan fingerprint density at radius 1 is 1.24 bits per heavy atom. The molecule has 1 aliphatic rings. The van der Waals surface area contributed by atoms with Gasteiger partial charge in [-0.05, 0) is 43.1 Å². The third-order valence-electron chi connectivity index (χ3n) is 2.74. The molecular formula is C17H27NO2S. The van der Waals surface area contributed by atoms with Crippen molar-refractivity contribution in [1.29, 1.82) is 0 Å². The zero-order chi connectivity index (χ0) is 16.3. The van der Waals surface area contributed by atoms with Gasteiger partial charge in [0.1, 0.15) is 0 Å². The monoisotopic (exact) mass is 309 g/mol. The lowest BCUT2D eigenvalue weighted by Crippen LogP contribution is -2.18. The van der Waals surface area contributed by atoms with Gasteiger partial charge in [0.05, 0.1) is 4.90 Å². The zero-order valence-corrected chi connectivity index (χ0v) is 13.9. The Bertz CT molecular complexity index is 587. The van der Waals surface area contributed by atoms with Gasteiger partial charge in [-0.25, -0.2) is 13.1 Å². The van der Waals surface area contributed by atoms with E-state index in [1.807, 2.05) is 26.0 Å². The molecule has 0 bridgehead atoms. The maximum absolute atomic E-state index is 11.6. The predicted octanol–water partition coefficient (Wildman–Crippen LogP) is 4.18. The second-order valence-corrected chi connectivity index (χ2v) is 5.87. The molecule has 0 aliphatic heterocycles. The summed E-state index contributed by atoms with van der Waals surface area (Å²) < 4.78 is 25.4. The largest absolute Gasteiger partial charge is 0.240 e. The van der Waals surface area contributed by atoms with Crippen LogP contribution < -0.4 is 4.72 Å². The fourth-order valence-electron chi connectivity index (χ4n) is 1.70. The molecule has 1 N–H and O–H groups in total. The molecule has 0 saturated heterocycles. The first-order chi connectivity index (χ1) is 10.0. The molecule has 1 aromatic carbocycles. The standard InChI is InChI=1S/C11H13NO2S.C4H6.C2H6.H2/c1-12-15(13,14)11-7-6-9-4-2-3-5-10(9)8-11;1-3-4-2;1-2;/h2,4,6-8,12H,3,5H2,1H3;3-4H,1-2H2;1-2H3;1H. The van der Waals surface area contributed by atoms with Crippen molar-refractivity contribution in [2.75, 3.05) is 7.05 Å². The van der Waals surface area contributed by atoms with Crippen LogP contribution >= 0.6 is 0 Å². The lowest BCUT2D eigenvalue weighted by atomic mass is 9.98. The van der Waals surface area contributed by atoms with E-state index in [0.29, 0.717) is 4.90 Å². The summed E-state index contributed by atoms with van der Waals surface area (Å²) in [6.07, 6.45) is 9.32. The summed E-state index contributed by atoms with van der Waals surface area (Å²) in [6, 6.07) is 5.25. The normalized spacial score (nSPS) is 12.0. The summed E-state index contributed by atoms with van der Waals surface area (Å²) in [4.78, 5) is 0.346. The smallest absolute Gasteiger partial charge is 0.214 e. The Hall–Kier alpha value is -1.65. The van der Waals surface area contributed by atoms with Crippen molar-refractivity contribution >= 4 is 16.1 Å². The number of aryl methyl sites for hydroxylation is 1. The first-order valence-corrected chi connectivity index (χ1v) is 8.50. The highest BCUT2D eigenvalue weighted by Gasteiger charge is 2.13. The van der Waals surface area contributed by atoms with Gasteiger partial charge in [-0.2, -0.15) is 0 Å². The summed E-state index contributed by atoms with van der Waals surface area (Å²) in [5, 5.41) is 0. The van der Waals surface area contributed by atoms with Crippen molar-refractivity contribution < 1.29 is 9.84 Å². The van der Waals surface area contributed by atoms with Crippen LogP contribution in [0.1, 0.15) is 32.8 Å². The van der Waals surface area contributed by atoms with E-state index in [-0.39, 0.29) is 1.43 Å². The van der Waals surface area contributed by atoms with Crippen LogP contribution in [-0.4, -0.2) is 15.5 Å². The number of fused-ring (bicyclic) bond motifs is 1. The van der Waals surface area contributed by atoms with Gasteiger partial charge >= 0.3 is 0 Å². The summed E-state index contributed by atoms with van der Waals surface area (Å²) >= 11 is 0. The van der Waals surface area contributed by atoms with Crippen molar-refractivity contribution in [1.82, 2.24) is 4.72 Å². The second-order valence-electron chi connectivity index (χ2n) is 3.98. The van der Waals surface area contributed by atoms with Crippen LogP contribution in [0.5, 0.6) is 0 Å². The highest BCUT2D eigenvalue weighted by atomic mass is 32.2. The molecule has 0 fully saturated rings. The van der Waals surface area contributed by atoms with Crippen LogP contribution in [-0.2, 0) is 16.4 Å². The molecule has 0 amide bonds. The molecule has 0 heterocycles. The summed E-state index contributed by atoms with van der Waals surface area (Å²) in [5.74, 6) is 0. The number of nitrogens with one attached hydrogen (secondary N) is 1. The minimum atomic E-state index is -3.31. The molecule has 0 unspecified atom stereocenters. The van der Waals surface area contributed by atoms with Crippen molar-refractivity contribution in [3.8, 4) is 0 Å². The van der Waals surface area contributed by atoms with Gasteiger partial charge in [-0.3, -0.25) is 0 Å². The zero-order valence-electron chi connectivity index (χ0n) is 13.1. The number of rotatable bonds is 3. The fraction of sp³-hybridized carbons (Fsp3) is 0.294. The molecule has 0 spiro atoms. The van der Waals surface area contributed by atoms with Crippen LogP contribution in [0.25, 0.3) is 6.08 Å². The molecule has 0 saturated carbocycles. The van der Waals surface area contributed by atoms with E-state index in [2.05, 4.69) is 24.0 Å². The third-order valence-corrected chi connectivity index (χ3v) is 4.15. The van der Waals surface area contributed by atoms with E-state index >= 15 is 0 Å². The summed E-state index contributed by atoms with van der Waals surface area (Å²) in [5.41, 5.74) is 2.23. The highest BCUT2D eigenvalue weighted by Crippen LogP contribution is 2.22. The Labute approximate surface area is 130 Å². The topological polar surface area (TPSA) is 46.2 Å². The van der Waals surface area contributed by atoms with Crippen molar-refractivity contribution in [2.24, 2.45) is 0 Å². The molecule has 4 heteroatoms. The Kier molecular flexibility index (Phi) is 9.34. The molecule has 0 radical (unpaired) electrons. The number of sulfonamides is 1. The average Bonchev–Trinajstić information content (AvgIpc) is 2.56. The van der Waals surface area contributed by atoms with Crippen LogP contribution in [0, 0.1) is 0 Å². The van der Waals surface area contributed by atoms with Gasteiger partial charge in [0.15, 0.2) is 0 Å². The quantitative estimate of drug-likeness (QED) is 0.851. The van der Waals surface area contributed by atoms with Crippen LogP contribution in [0.15, 0.2) is 54.5 Å². The highest BCUT2D eigenvalue weighted by molar-refractivity contribution is 7.89. The van der Waals surface area contributed by atoms with Gasteiger partial charge in [-0.1, -0.05) is 57.4 Å². The number of hydrogen-bond donors (Lipinski definition) is 1. The molecule has 2 rings (SSSR count). The van der Waals surface area contributed by atoms with Gasteiger partial charge in [0.25, 0.3) is 0 Å². The second kappa shape index (κ2) is 10.1. The predicted molar refractivity (Wildman–Crippen MR) is 93.9 cm³/mol. The molecule has 0 aromatic heterocycles. The number of benzene rings is 1. The van der Waals surface area contributed by atoms with E-state index < -0.39 is 10.0 Å². The van der Waals surface area contributed by atoms with Crippen molar-refractivity contribution in [2.45, 2.75) is 31.6 Å². The molecule has 1 aromatic rings. The first kappa shape index (κ1) is 19.4. The number of allylic oxidation sites excluding steroid dienone is 3. The van der Waals surface area contributed by atoms with Crippen molar-refractivity contribution in [3.63, 3.8) is 0 Å². The van der Waals surface area contributed by atoms with E-state index in [1.54, 1.807) is 24.3 Å². The molecular weight excluding hydrogens is 282 g/mol. The molecule has 21 heavy (non-hydrogen) atoms. The van der Waals surface area contributed by atoms with Crippen LogP contribution in [0.4, 0.5) is 0 Å². The van der Waals surface area contributed by atoms with E-state index in [1.165, 1.54) is 7.05 Å². The number of hydrogen-bond acceptors (Lipinski definition) is 2. The van der Waals surface area contributed by atoms with Gasteiger partial charge in [-0.15, -0.1) is 0 Å². The molecule has 118 valence electrons. The third kappa shape index (κ3) is 6.10. The SMILES string of the molecule is C=CC=C.CC.CNS(=O)(=O)c1ccc2c(c1)CCC=C2.[HH]. The lowest BCUT2D eigenvalue weighted by Gasteiger charge is -2.11. The van der Waals surface area contributed by atoms with E-state index in [0.717, 1.165) is 24.0 Å². The van der Waals surface area contributed by atoms with Crippen molar-refractivity contribution in [3.05, 3.63) is 60.7 Å². The maximum atomic E-state index is 11.6. The van der Waals surface area contributed by atoms with E-state index in [9.17, 15) is 8.42 Å². The molecule has 3 nitrogen and oxygen atoms in total. The van der Waals surface area contributed by atoms with Gasteiger partial charge in [0.2, 0.25) is 10.0 Å². The molecule has 1 aliphatic carbocycles. The lowest BCUT2D eigenvalue weighted by molar-refractivity contribution is 0.588. The van der Waals surface area contributed by atoms with Gasteiger partial charge in [0, 0.05) is 1.43 Å². The first-order valence-electron chi connectivity index (χ1n) is 7.01. The van der Waals surface area contributed by atoms with E-state index in [4.69, 9.17) is 0 Å². The minimum absolute atomic E-state index is 0. The Morgan fingerprint density at radius 3 is 2.38 bits per heavy atom. The average molecular weight is 309 g/mol. The Morgan fingerprint density at radius 2 is 1.86 bits per heavy atom.